The Labute approximate surface area is 164 Å². The highest BCUT2D eigenvalue weighted by Gasteiger charge is 2.23. The van der Waals surface area contributed by atoms with Crippen LogP contribution in [-0.2, 0) is 11.2 Å². The van der Waals surface area contributed by atoms with Gasteiger partial charge in [-0.25, -0.2) is 8.78 Å². The van der Waals surface area contributed by atoms with E-state index in [0.29, 0.717) is 18.7 Å². The highest BCUT2D eigenvalue weighted by molar-refractivity contribution is 5.76. The van der Waals surface area contributed by atoms with Crippen LogP contribution >= 0.6 is 0 Å². The van der Waals surface area contributed by atoms with Crippen LogP contribution in [0, 0.1) is 18.6 Å². The second-order valence-electron chi connectivity index (χ2n) is 7.28. The Bertz CT molecular complexity index is 841. The highest BCUT2D eigenvalue weighted by atomic mass is 19.1. The van der Waals surface area contributed by atoms with Gasteiger partial charge in [-0.1, -0.05) is 12.1 Å². The third-order valence-electron chi connectivity index (χ3n) is 5.09. The number of carbonyl (C=O) groups is 1. The average molecular weight is 388 g/mol. The minimum Gasteiger partial charge on any atom is -0.494 e. The quantitative estimate of drug-likeness (QED) is 0.813. The molecule has 1 aliphatic rings. The van der Waals surface area contributed by atoms with E-state index < -0.39 is 5.82 Å². The van der Waals surface area contributed by atoms with E-state index in [0.717, 1.165) is 30.5 Å². The third-order valence-corrected chi connectivity index (χ3v) is 5.09. The number of carbonyl (C=O) groups excluding carboxylic acids is 1. The number of nitrogens with zero attached hydrogens (tertiary/aromatic N) is 1. The maximum Gasteiger partial charge on any atom is 0.220 e. The van der Waals surface area contributed by atoms with Gasteiger partial charge in [-0.05, 0) is 61.6 Å². The molecular formula is C22H26F2N2O2. The van der Waals surface area contributed by atoms with Crippen molar-refractivity contribution in [1.82, 2.24) is 5.32 Å². The van der Waals surface area contributed by atoms with Crippen molar-refractivity contribution in [2.24, 2.45) is 0 Å². The summed E-state index contributed by atoms with van der Waals surface area (Å²) in [6.07, 6.45) is 2.49. The first-order valence-corrected chi connectivity index (χ1v) is 9.59. The number of halogens is 2. The molecule has 1 heterocycles. The van der Waals surface area contributed by atoms with E-state index in [9.17, 15) is 13.6 Å². The summed E-state index contributed by atoms with van der Waals surface area (Å²) in [5.74, 6) is -0.547. The second kappa shape index (κ2) is 9.04. The van der Waals surface area contributed by atoms with Gasteiger partial charge < -0.3 is 15.0 Å². The molecule has 1 N–H and O–H groups in total. The van der Waals surface area contributed by atoms with Crippen molar-refractivity contribution in [3.63, 3.8) is 0 Å². The Kier molecular flexibility index (Phi) is 6.49. The average Bonchev–Trinajstić information content (AvgIpc) is 2.68. The first-order chi connectivity index (χ1) is 13.5. The fourth-order valence-electron chi connectivity index (χ4n) is 3.60. The predicted octanol–water partition coefficient (Wildman–Crippen LogP) is 4.00. The highest BCUT2D eigenvalue weighted by Crippen LogP contribution is 2.24. The lowest BCUT2D eigenvalue weighted by Gasteiger charge is -2.35. The molecule has 28 heavy (non-hydrogen) atoms. The molecule has 1 amide bonds. The van der Waals surface area contributed by atoms with Crippen molar-refractivity contribution < 1.29 is 18.3 Å². The maximum atomic E-state index is 14.2. The van der Waals surface area contributed by atoms with Gasteiger partial charge in [0.25, 0.3) is 0 Å². The minimum atomic E-state index is -0.427. The molecule has 2 aromatic carbocycles. The number of benzene rings is 2. The molecule has 0 bridgehead atoms. The molecule has 150 valence electrons. The molecule has 0 aliphatic carbocycles. The van der Waals surface area contributed by atoms with Crippen LogP contribution in [0.4, 0.5) is 14.5 Å². The second-order valence-corrected chi connectivity index (χ2v) is 7.28. The molecule has 0 aromatic heterocycles. The van der Waals surface area contributed by atoms with Gasteiger partial charge >= 0.3 is 0 Å². The minimum absolute atomic E-state index is 0.0197. The fraction of sp³-hybridized carbons (Fsp3) is 0.409. The Hall–Kier alpha value is -2.63. The number of anilines is 1. The van der Waals surface area contributed by atoms with Crippen molar-refractivity contribution in [2.45, 2.75) is 38.6 Å². The molecule has 3 rings (SSSR count). The summed E-state index contributed by atoms with van der Waals surface area (Å²) in [5, 5.41) is 3.04. The van der Waals surface area contributed by atoms with Crippen LogP contribution in [-0.4, -0.2) is 32.1 Å². The van der Waals surface area contributed by atoms with E-state index in [1.54, 1.807) is 18.2 Å². The van der Waals surface area contributed by atoms with E-state index in [1.165, 1.54) is 19.2 Å². The van der Waals surface area contributed by atoms with E-state index in [4.69, 9.17) is 4.74 Å². The van der Waals surface area contributed by atoms with Crippen LogP contribution in [0.5, 0.6) is 5.75 Å². The Balaban J connectivity index is 1.54. The normalized spacial score (nSPS) is 16.7. The lowest BCUT2D eigenvalue weighted by Crippen LogP contribution is -2.48. The van der Waals surface area contributed by atoms with E-state index in [-0.39, 0.29) is 29.9 Å². The number of rotatable bonds is 6. The van der Waals surface area contributed by atoms with Gasteiger partial charge in [0.15, 0.2) is 11.6 Å². The van der Waals surface area contributed by atoms with Crippen molar-refractivity contribution in [1.29, 1.82) is 0 Å². The van der Waals surface area contributed by atoms with E-state index >= 15 is 0 Å². The summed E-state index contributed by atoms with van der Waals surface area (Å²) in [5.41, 5.74) is 2.35. The molecule has 1 aliphatic heterocycles. The molecule has 6 heteroatoms. The summed E-state index contributed by atoms with van der Waals surface area (Å²) in [4.78, 5) is 14.3. The molecule has 4 nitrogen and oxygen atoms in total. The SMILES string of the molecule is COc1ccc(CCC(=O)NC2CCCN(c3cc(C)ccc3F)C2)cc1F. The topological polar surface area (TPSA) is 41.6 Å². The zero-order valence-corrected chi connectivity index (χ0v) is 16.3. The van der Waals surface area contributed by atoms with Crippen molar-refractivity contribution >= 4 is 11.6 Å². The van der Waals surface area contributed by atoms with Gasteiger partial charge in [0.05, 0.1) is 12.8 Å². The number of ether oxygens (including phenoxy) is 1. The van der Waals surface area contributed by atoms with Gasteiger partial charge in [-0.2, -0.15) is 0 Å². The van der Waals surface area contributed by atoms with Gasteiger partial charge in [0.2, 0.25) is 5.91 Å². The maximum absolute atomic E-state index is 14.2. The Morgan fingerprint density at radius 1 is 1.21 bits per heavy atom. The first kappa shape index (κ1) is 20.1. The first-order valence-electron chi connectivity index (χ1n) is 9.59. The molecular weight excluding hydrogens is 362 g/mol. The molecule has 1 unspecified atom stereocenters. The van der Waals surface area contributed by atoms with Crippen molar-refractivity contribution in [3.05, 3.63) is 59.2 Å². The number of amides is 1. The predicted molar refractivity (Wildman–Crippen MR) is 106 cm³/mol. The van der Waals surface area contributed by atoms with Gasteiger partial charge in [-0.15, -0.1) is 0 Å². The summed E-state index contributed by atoms with van der Waals surface area (Å²) < 4.78 is 32.8. The lowest BCUT2D eigenvalue weighted by atomic mass is 10.0. The number of piperidine rings is 1. The molecule has 2 aromatic rings. The molecule has 1 fully saturated rings. The zero-order chi connectivity index (χ0) is 20.1. The summed E-state index contributed by atoms with van der Waals surface area (Å²) in [6, 6.07) is 9.79. The van der Waals surface area contributed by atoms with Crippen LogP contribution in [0.1, 0.15) is 30.4 Å². The van der Waals surface area contributed by atoms with Crippen LogP contribution < -0.4 is 15.0 Å². The summed E-state index contributed by atoms with van der Waals surface area (Å²) in [7, 11) is 1.42. The van der Waals surface area contributed by atoms with Gasteiger partial charge in [0.1, 0.15) is 5.82 Å². The molecule has 0 spiro atoms. The Morgan fingerprint density at radius 3 is 2.79 bits per heavy atom. The molecule has 0 saturated carbocycles. The van der Waals surface area contributed by atoms with E-state index in [1.807, 2.05) is 17.9 Å². The molecule has 0 radical (unpaired) electrons. The fourth-order valence-corrected chi connectivity index (χ4v) is 3.60. The Morgan fingerprint density at radius 2 is 2.04 bits per heavy atom. The smallest absolute Gasteiger partial charge is 0.220 e. The largest absolute Gasteiger partial charge is 0.494 e. The molecule has 1 saturated heterocycles. The number of hydrogen-bond acceptors (Lipinski definition) is 3. The zero-order valence-electron chi connectivity index (χ0n) is 16.3. The number of aryl methyl sites for hydroxylation is 2. The van der Waals surface area contributed by atoms with Crippen LogP contribution in [0.25, 0.3) is 0 Å². The van der Waals surface area contributed by atoms with E-state index in [2.05, 4.69) is 5.32 Å². The van der Waals surface area contributed by atoms with Crippen molar-refractivity contribution in [2.75, 3.05) is 25.1 Å². The van der Waals surface area contributed by atoms with Gasteiger partial charge in [-0.3, -0.25) is 4.79 Å². The van der Waals surface area contributed by atoms with Gasteiger partial charge in [0, 0.05) is 25.6 Å². The number of methoxy groups -OCH3 is 1. The number of hydrogen-bond donors (Lipinski definition) is 1. The summed E-state index contributed by atoms with van der Waals surface area (Å²) >= 11 is 0. The monoisotopic (exact) mass is 388 g/mol. The van der Waals surface area contributed by atoms with Crippen LogP contribution in [0.2, 0.25) is 0 Å². The van der Waals surface area contributed by atoms with Crippen LogP contribution in [0.3, 0.4) is 0 Å². The third kappa shape index (κ3) is 5.00. The standard InChI is InChI=1S/C22H26F2N2O2/c1-15-5-8-18(23)20(12-15)26-11-3-4-17(14-26)25-22(27)10-7-16-6-9-21(28-2)19(24)13-16/h5-6,8-9,12-13,17H,3-4,7,10-11,14H2,1-2H3,(H,25,27). The number of nitrogens with one attached hydrogen (secondary N) is 1. The molecule has 1 atom stereocenters. The van der Waals surface area contributed by atoms with Crippen LogP contribution in [0.15, 0.2) is 36.4 Å². The van der Waals surface area contributed by atoms with Crippen molar-refractivity contribution in [3.8, 4) is 5.75 Å². The lowest BCUT2D eigenvalue weighted by molar-refractivity contribution is -0.121. The summed E-state index contributed by atoms with van der Waals surface area (Å²) in [6.45, 7) is 3.30.